The number of esters is 1. The predicted molar refractivity (Wildman–Crippen MR) is 69.7 cm³/mol. The Morgan fingerprint density at radius 3 is 2.78 bits per heavy atom. The number of aryl methyl sites for hydroxylation is 2. The van der Waals surface area contributed by atoms with Crippen molar-refractivity contribution in [1.29, 1.82) is 0 Å². The number of para-hydroxylation sites is 1. The van der Waals surface area contributed by atoms with Crippen molar-refractivity contribution < 1.29 is 14.6 Å². The quantitative estimate of drug-likeness (QED) is 0.842. The van der Waals surface area contributed by atoms with Gasteiger partial charge in [-0.05, 0) is 25.0 Å². The molecule has 1 aromatic carbocycles. The highest BCUT2D eigenvalue weighted by molar-refractivity contribution is 5.98. The van der Waals surface area contributed by atoms with E-state index in [1.165, 1.54) is 7.11 Å². The topological polar surface area (TPSA) is 51.5 Å². The van der Waals surface area contributed by atoms with Crippen LogP contribution < -0.4 is 0 Å². The van der Waals surface area contributed by atoms with Crippen LogP contribution in [0.3, 0.4) is 0 Å². The van der Waals surface area contributed by atoms with Crippen LogP contribution in [-0.4, -0.2) is 29.4 Å². The smallest absolute Gasteiger partial charge is 0.354 e. The third-order valence-corrected chi connectivity index (χ3v) is 3.14. The monoisotopic (exact) mass is 247 g/mol. The average molecular weight is 247 g/mol. The standard InChI is InChI=1S/C14H17NO3/c1-10-11-6-3-4-7-12(11)15(8-5-9-16)13(10)14(17)18-2/h3-4,6-7,16H,5,8-9H2,1-2H3. The maximum Gasteiger partial charge on any atom is 0.354 e. The van der Waals surface area contributed by atoms with E-state index in [4.69, 9.17) is 9.84 Å². The Morgan fingerprint density at radius 2 is 2.11 bits per heavy atom. The van der Waals surface area contributed by atoms with Crippen LogP contribution in [0.25, 0.3) is 10.9 Å². The van der Waals surface area contributed by atoms with Crippen molar-refractivity contribution in [3.05, 3.63) is 35.5 Å². The number of benzene rings is 1. The van der Waals surface area contributed by atoms with Crippen LogP contribution >= 0.6 is 0 Å². The predicted octanol–water partition coefficient (Wildman–Crippen LogP) is 2.12. The molecule has 0 saturated heterocycles. The summed E-state index contributed by atoms with van der Waals surface area (Å²) in [5, 5.41) is 10.0. The molecular formula is C14H17NO3. The summed E-state index contributed by atoms with van der Waals surface area (Å²) in [6.07, 6.45) is 0.613. The first-order valence-corrected chi connectivity index (χ1v) is 5.97. The van der Waals surface area contributed by atoms with Gasteiger partial charge >= 0.3 is 5.97 Å². The Balaban J connectivity index is 2.65. The zero-order chi connectivity index (χ0) is 13.1. The maximum absolute atomic E-state index is 11.9. The number of carbonyl (C=O) groups is 1. The number of carbonyl (C=O) groups excluding carboxylic acids is 1. The summed E-state index contributed by atoms with van der Waals surface area (Å²) >= 11 is 0. The number of aromatic nitrogens is 1. The molecule has 1 N–H and O–H groups in total. The summed E-state index contributed by atoms with van der Waals surface area (Å²) in [6.45, 7) is 2.63. The molecule has 1 aromatic heterocycles. The minimum atomic E-state index is -0.332. The third-order valence-electron chi connectivity index (χ3n) is 3.14. The van der Waals surface area contributed by atoms with Crippen molar-refractivity contribution in [1.82, 2.24) is 4.57 Å². The summed E-state index contributed by atoms with van der Waals surface area (Å²) in [4.78, 5) is 11.9. The fourth-order valence-electron chi connectivity index (χ4n) is 2.30. The molecule has 0 aliphatic carbocycles. The van der Waals surface area contributed by atoms with Gasteiger partial charge in [0, 0.05) is 24.1 Å². The molecule has 0 aliphatic rings. The lowest BCUT2D eigenvalue weighted by Gasteiger charge is -2.08. The Hall–Kier alpha value is -1.81. The van der Waals surface area contributed by atoms with E-state index in [1.54, 1.807) is 0 Å². The van der Waals surface area contributed by atoms with Crippen molar-refractivity contribution in [2.75, 3.05) is 13.7 Å². The van der Waals surface area contributed by atoms with Crippen molar-refractivity contribution in [3.8, 4) is 0 Å². The Morgan fingerprint density at radius 1 is 1.39 bits per heavy atom. The van der Waals surface area contributed by atoms with Crippen molar-refractivity contribution in [2.45, 2.75) is 19.9 Å². The van der Waals surface area contributed by atoms with E-state index in [0.717, 1.165) is 16.5 Å². The van der Waals surface area contributed by atoms with Crippen molar-refractivity contribution in [3.63, 3.8) is 0 Å². The minimum absolute atomic E-state index is 0.103. The molecule has 0 amide bonds. The van der Waals surface area contributed by atoms with Gasteiger partial charge in [-0.1, -0.05) is 18.2 Å². The van der Waals surface area contributed by atoms with Gasteiger partial charge in [0.05, 0.1) is 7.11 Å². The first-order valence-electron chi connectivity index (χ1n) is 5.97. The SMILES string of the molecule is COC(=O)c1c(C)c2ccccc2n1CCCO. The van der Waals surface area contributed by atoms with Crippen LogP contribution in [0, 0.1) is 6.92 Å². The van der Waals surface area contributed by atoms with Crippen LogP contribution in [0.15, 0.2) is 24.3 Å². The maximum atomic E-state index is 11.9. The molecule has 1 heterocycles. The van der Waals surface area contributed by atoms with Gasteiger partial charge in [-0.25, -0.2) is 4.79 Å². The van der Waals surface area contributed by atoms with Gasteiger partial charge in [-0.3, -0.25) is 0 Å². The van der Waals surface area contributed by atoms with Gasteiger partial charge in [-0.2, -0.15) is 0 Å². The third kappa shape index (κ3) is 1.99. The highest BCUT2D eigenvalue weighted by Crippen LogP contribution is 2.26. The number of nitrogens with zero attached hydrogens (tertiary/aromatic N) is 1. The van der Waals surface area contributed by atoms with E-state index < -0.39 is 0 Å². The number of ether oxygens (including phenoxy) is 1. The first-order chi connectivity index (χ1) is 8.70. The summed E-state index contributed by atoms with van der Waals surface area (Å²) < 4.78 is 6.77. The first kappa shape index (κ1) is 12.6. The van der Waals surface area contributed by atoms with Crippen LogP contribution in [0.2, 0.25) is 0 Å². The number of fused-ring (bicyclic) bond motifs is 1. The molecule has 0 bridgehead atoms. The zero-order valence-corrected chi connectivity index (χ0v) is 10.6. The highest BCUT2D eigenvalue weighted by Gasteiger charge is 2.19. The highest BCUT2D eigenvalue weighted by atomic mass is 16.5. The van der Waals surface area contributed by atoms with E-state index in [2.05, 4.69) is 0 Å². The zero-order valence-electron chi connectivity index (χ0n) is 10.6. The Kier molecular flexibility index (Phi) is 3.67. The van der Waals surface area contributed by atoms with Gasteiger partial charge in [0.15, 0.2) is 0 Å². The second-order valence-electron chi connectivity index (χ2n) is 4.21. The van der Waals surface area contributed by atoms with Gasteiger partial charge in [0.25, 0.3) is 0 Å². The van der Waals surface area contributed by atoms with Gasteiger partial charge < -0.3 is 14.4 Å². The summed E-state index contributed by atoms with van der Waals surface area (Å²) in [5.41, 5.74) is 2.51. The second kappa shape index (κ2) is 5.23. The van der Waals surface area contributed by atoms with Gasteiger partial charge in [0.2, 0.25) is 0 Å². The molecule has 0 fully saturated rings. The van der Waals surface area contributed by atoms with Gasteiger partial charge in [-0.15, -0.1) is 0 Å². The molecular weight excluding hydrogens is 230 g/mol. The van der Waals surface area contributed by atoms with Crippen LogP contribution in [0.1, 0.15) is 22.5 Å². The minimum Gasteiger partial charge on any atom is -0.464 e. The molecule has 0 saturated carbocycles. The van der Waals surface area contributed by atoms with Crippen molar-refractivity contribution >= 4 is 16.9 Å². The molecule has 4 heteroatoms. The molecule has 96 valence electrons. The molecule has 0 aliphatic heterocycles. The van der Waals surface area contributed by atoms with E-state index in [9.17, 15) is 4.79 Å². The Bertz CT molecular complexity index is 572. The lowest BCUT2D eigenvalue weighted by Crippen LogP contribution is -2.12. The lowest BCUT2D eigenvalue weighted by molar-refractivity contribution is 0.0587. The number of rotatable bonds is 4. The molecule has 2 rings (SSSR count). The second-order valence-corrected chi connectivity index (χ2v) is 4.21. The molecule has 0 spiro atoms. The Labute approximate surface area is 106 Å². The molecule has 2 aromatic rings. The van der Waals surface area contributed by atoms with E-state index in [1.807, 2.05) is 35.8 Å². The molecule has 4 nitrogen and oxygen atoms in total. The number of hydrogen-bond acceptors (Lipinski definition) is 3. The molecule has 0 unspecified atom stereocenters. The largest absolute Gasteiger partial charge is 0.464 e. The summed E-state index contributed by atoms with van der Waals surface area (Å²) in [7, 11) is 1.38. The normalized spacial score (nSPS) is 10.8. The van der Waals surface area contributed by atoms with Crippen molar-refractivity contribution in [2.24, 2.45) is 0 Å². The van der Waals surface area contributed by atoms with E-state index in [0.29, 0.717) is 18.7 Å². The summed E-state index contributed by atoms with van der Waals surface area (Å²) in [6, 6.07) is 7.86. The average Bonchev–Trinajstić information content (AvgIpc) is 2.69. The lowest BCUT2D eigenvalue weighted by atomic mass is 10.1. The number of hydrogen-bond donors (Lipinski definition) is 1. The number of aliphatic hydroxyl groups excluding tert-OH is 1. The fourth-order valence-corrected chi connectivity index (χ4v) is 2.30. The molecule has 0 radical (unpaired) electrons. The van der Waals surface area contributed by atoms with Crippen LogP contribution in [-0.2, 0) is 11.3 Å². The number of methoxy groups -OCH3 is 1. The number of aliphatic hydroxyl groups is 1. The molecule has 0 atom stereocenters. The van der Waals surface area contributed by atoms with Gasteiger partial charge in [0.1, 0.15) is 5.69 Å². The summed E-state index contributed by atoms with van der Waals surface area (Å²) in [5.74, 6) is -0.332. The van der Waals surface area contributed by atoms with E-state index >= 15 is 0 Å². The van der Waals surface area contributed by atoms with Crippen LogP contribution in [0.4, 0.5) is 0 Å². The fraction of sp³-hybridized carbons (Fsp3) is 0.357. The molecule has 18 heavy (non-hydrogen) atoms. The van der Waals surface area contributed by atoms with E-state index in [-0.39, 0.29) is 12.6 Å². The van der Waals surface area contributed by atoms with Crippen LogP contribution in [0.5, 0.6) is 0 Å².